The molecule has 0 aliphatic rings. The van der Waals surface area contributed by atoms with Gasteiger partial charge < -0.3 is 0 Å². The third-order valence-corrected chi connectivity index (χ3v) is 3.10. The minimum absolute atomic E-state index is 0.125. The van der Waals surface area contributed by atoms with Crippen LogP contribution in [0.4, 0.5) is 14.5 Å². The van der Waals surface area contributed by atoms with Crippen molar-refractivity contribution in [3.05, 3.63) is 77.9 Å². The Morgan fingerprint density at radius 2 is 1.40 bits per heavy atom. The maximum Gasteiger partial charge on any atom is 0.134 e. The molecule has 0 aromatic heterocycles. The first-order chi connectivity index (χ1) is 9.75. The van der Waals surface area contributed by atoms with Crippen LogP contribution in [-0.4, -0.2) is 6.21 Å². The summed E-state index contributed by atoms with van der Waals surface area (Å²) < 4.78 is 27.1. The minimum Gasteiger partial charge on any atom is -0.255 e. The highest BCUT2D eigenvalue weighted by atomic mass is 19.1. The summed E-state index contributed by atoms with van der Waals surface area (Å²) in [6.07, 6.45) is 1.23. The first-order valence-corrected chi connectivity index (χ1v) is 6.21. The fourth-order valence-corrected chi connectivity index (χ4v) is 2.09. The summed E-state index contributed by atoms with van der Waals surface area (Å²) in [4.78, 5) is 4.22. The molecule has 0 saturated heterocycles. The van der Waals surface area contributed by atoms with E-state index in [9.17, 15) is 8.78 Å². The lowest BCUT2D eigenvalue weighted by atomic mass is 10.1. The molecular formula is C17H11F2N. The molecule has 98 valence electrons. The Kier molecular flexibility index (Phi) is 3.25. The lowest BCUT2D eigenvalue weighted by Crippen LogP contribution is -1.92. The standard InChI is InChI=1S/C17H11F2N/c18-15-8-4-9-16(19)14(15)11-20-17-10-3-6-12-5-1-2-7-13(12)17/h1-11H. The van der Waals surface area contributed by atoms with Crippen molar-refractivity contribution in [3.8, 4) is 0 Å². The van der Waals surface area contributed by atoms with Gasteiger partial charge in [-0.1, -0.05) is 42.5 Å². The first-order valence-electron chi connectivity index (χ1n) is 6.21. The van der Waals surface area contributed by atoms with Crippen molar-refractivity contribution < 1.29 is 8.78 Å². The van der Waals surface area contributed by atoms with E-state index in [0.717, 1.165) is 10.8 Å². The van der Waals surface area contributed by atoms with Crippen LogP contribution in [0.5, 0.6) is 0 Å². The van der Waals surface area contributed by atoms with Crippen LogP contribution in [0.2, 0.25) is 0 Å². The topological polar surface area (TPSA) is 12.4 Å². The van der Waals surface area contributed by atoms with Crippen LogP contribution in [0.1, 0.15) is 5.56 Å². The molecule has 0 aliphatic heterocycles. The first kappa shape index (κ1) is 12.5. The number of benzene rings is 3. The number of hydrogen-bond acceptors (Lipinski definition) is 1. The van der Waals surface area contributed by atoms with E-state index in [1.54, 1.807) is 0 Å². The van der Waals surface area contributed by atoms with Gasteiger partial charge in [0.15, 0.2) is 0 Å². The summed E-state index contributed by atoms with van der Waals surface area (Å²) in [5.41, 5.74) is 0.561. The largest absolute Gasteiger partial charge is 0.255 e. The van der Waals surface area contributed by atoms with E-state index in [-0.39, 0.29) is 5.56 Å². The molecule has 1 nitrogen and oxygen atoms in total. The van der Waals surface area contributed by atoms with Crippen LogP contribution < -0.4 is 0 Å². The molecule has 0 unspecified atom stereocenters. The Morgan fingerprint density at radius 3 is 2.20 bits per heavy atom. The van der Waals surface area contributed by atoms with E-state index in [1.807, 2.05) is 42.5 Å². The van der Waals surface area contributed by atoms with E-state index in [4.69, 9.17) is 0 Å². The molecule has 0 bridgehead atoms. The van der Waals surface area contributed by atoms with Gasteiger partial charge in [-0.2, -0.15) is 0 Å². The molecule has 0 fully saturated rings. The molecule has 0 saturated carbocycles. The van der Waals surface area contributed by atoms with Gasteiger partial charge in [-0.15, -0.1) is 0 Å². The highest BCUT2D eigenvalue weighted by molar-refractivity contribution is 5.95. The molecule has 0 radical (unpaired) electrons. The lowest BCUT2D eigenvalue weighted by molar-refractivity contribution is 0.580. The number of hydrogen-bond donors (Lipinski definition) is 0. The second-order valence-corrected chi connectivity index (χ2v) is 4.39. The summed E-state index contributed by atoms with van der Waals surface area (Å²) in [7, 11) is 0. The number of nitrogens with zero attached hydrogens (tertiary/aromatic N) is 1. The molecule has 20 heavy (non-hydrogen) atoms. The third-order valence-electron chi connectivity index (χ3n) is 3.10. The quantitative estimate of drug-likeness (QED) is 0.587. The Bertz CT molecular complexity index is 768. The zero-order valence-corrected chi connectivity index (χ0v) is 10.6. The molecule has 3 heteroatoms. The van der Waals surface area contributed by atoms with Gasteiger partial charge in [0.1, 0.15) is 11.6 Å². The second kappa shape index (κ2) is 5.21. The van der Waals surface area contributed by atoms with Gasteiger partial charge in [0, 0.05) is 11.6 Å². The average Bonchev–Trinajstić information content (AvgIpc) is 2.47. The van der Waals surface area contributed by atoms with Crippen molar-refractivity contribution in [2.75, 3.05) is 0 Å². The van der Waals surface area contributed by atoms with Crippen molar-refractivity contribution in [1.82, 2.24) is 0 Å². The zero-order valence-electron chi connectivity index (χ0n) is 10.6. The summed E-state index contributed by atoms with van der Waals surface area (Å²) in [5.74, 6) is -1.23. The minimum atomic E-state index is -0.617. The SMILES string of the molecule is Fc1cccc(F)c1C=Nc1cccc2ccccc12. The van der Waals surface area contributed by atoms with E-state index >= 15 is 0 Å². The van der Waals surface area contributed by atoms with Gasteiger partial charge in [-0.3, -0.25) is 4.99 Å². The Labute approximate surface area is 115 Å². The maximum absolute atomic E-state index is 13.5. The highest BCUT2D eigenvalue weighted by Gasteiger charge is 2.05. The molecule has 0 atom stereocenters. The van der Waals surface area contributed by atoms with Crippen LogP contribution in [0.25, 0.3) is 10.8 Å². The Hall–Kier alpha value is -2.55. The van der Waals surface area contributed by atoms with Gasteiger partial charge in [0.05, 0.1) is 11.3 Å². The fraction of sp³-hybridized carbons (Fsp3) is 0. The Morgan fingerprint density at radius 1 is 0.750 bits per heavy atom. The van der Waals surface area contributed by atoms with E-state index in [2.05, 4.69) is 4.99 Å². The molecular weight excluding hydrogens is 256 g/mol. The molecule has 3 aromatic carbocycles. The van der Waals surface area contributed by atoms with Gasteiger partial charge in [0.2, 0.25) is 0 Å². The molecule has 0 aliphatic carbocycles. The van der Waals surface area contributed by atoms with Crippen molar-refractivity contribution >= 4 is 22.7 Å². The van der Waals surface area contributed by atoms with Crippen molar-refractivity contribution in [2.45, 2.75) is 0 Å². The number of aliphatic imine (C=N–C) groups is 1. The second-order valence-electron chi connectivity index (χ2n) is 4.39. The molecule has 0 N–H and O–H groups in total. The van der Waals surface area contributed by atoms with E-state index in [1.165, 1.54) is 24.4 Å². The van der Waals surface area contributed by atoms with E-state index < -0.39 is 11.6 Å². The number of fused-ring (bicyclic) bond motifs is 1. The van der Waals surface area contributed by atoms with Crippen molar-refractivity contribution in [3.63, 3.8) is 0 Å². The van der Waals surface area contributed by atoms with Gasteiger partial charge in [0.25, 0.3) is 0 Å². The molecule has 0 amide bonds. The van der Waals surface area contributed by atoms with Crippen LogP contribution >= 0.6 is 0 Å². The highest BCUT2D eigenvalue weighted by Crippen LogP contribution is 2.25. The summed E-state index contributed by atoms with van der Waals surface area (Å²) in [6, 6.07) is 17.2. The number of halogens is 2. The van der Waals surface area contributed by atoms with Crippen LogP contribution in [0, 0.1) is 11.6 Å². The van der Waals surface area contributed by atoms with Gasteiger partial charge >= 0.3 is 0 Å². The van der Waals surface area contributed by atoms with Crippen molar-refractivity contribution in [2.24, 2.45) is 4.99 Å². The lowest BCUT2D eigenvalue weighted by Gasteiger charge is -2.02. The van der Waals surface area contributed by atoms with Crippen LogP contribution in [-0.2, 0) is 0 Å². The van der Waals surface area contributed by atoms with Gasteiger partial charge in [-0.25, -0.2) is 8.78 Å². The molecule has 0 spiro atoms. The predicted octanol–water partition coefficient (Wildman–Crippen LogP) is 4.87. The maximum atomic E-state index is 13.5. The smallest absolute Gasteiger partial charge is 0.134 e. The van der Waals surface area contributed by atoms with E-state index in [0.29, 0.717) is 5.69 Å². The monoisotopic (exact) mass is 267 g/mol. The van der Waals surface area contributed by atoms with Crippen LogP contribution in [0.15, 0.2) is 65.7 Å². The van der Waals surface area contributed by atoms with Crippen LogP contribution in [0.3, 0.4) is 0 Å². The van der Waals surface area contributed by atoms with Crippen molar-refractivity contribution in [1.29, 1.82) is 0 Å². The summed E-state index contributed by atoms with van der Waals surface area (Å²) in [5, 5.41) is 1.99. The molecule has 3 aromatic rings. The molecule has 0 heterocycles. The normalized spacial score (nSPS) is 11.3. The van der Waals surface area contributed by atoms with Gasteiger partial charge in [-0.05, 0) is 23.6 Å². The summed E-state index contributed by atoms with van der Waals surface area (Å²) >= 11 is 0. The fourth-order valence-electron chi connectivity index (χ4n) is 2.09. The third kappa shape index (κ3) is 2.30. The zero-order chi connectivity index (χ0) is 13.9. The Balaban J connectivity index is 2.07. The number of rotatable bonds is 2. The summed E-state index contributed by atoms with van der Waals surface area (Å²) in [6.45, 7) is 0. The average molecular weight is 267 g/mol. The predicted molar refractivity (Wildman–Crippen MR) is 77.6 cm³/mol. The molecule has 3 rings (SSSR count).